The van der Waals surface area contributed by atoms with E-state index in [1.165, 1.54) is 6.07 Å². The molecule has 3 rings (SSSR count). The molecule has 0 bridgehead atoms. The van der Waals surface area contributed by atoms with Gasteiger partial charge in [0.05, 0.1) is 0 Å². The standard InChI is InChI=1S/C14H13ClFN3O/c15-8-5-10-12(3-4-17-14(10)11(16)6-8)18-7-9-1-2-13(20)19-9/h3-6,9H,1-2,7H2,(H,17,18)(H,19,20)/t9-/m0/s1. The van der Waals surface area contributed by atoms with Gasteiger partial charge >= 0.3 is 0 Å². The molecule has 0 unspecified atom stereocenters. The smallest absolute Gasteiger partial charge is 0.220 e. The topological polar surface area (TPSA) is 54.0 Å². The normalized spacial score (nSPS) is 18.3. The van der Waals surface area contributed by atoms with Crippen molar-refractivity contribution >= 4 is 34.1 Å². The first-order chi connectivity index (χ1) is 9.63. The van der Waals surface area contributed by atoms with Gasteiger partial charge in [0.1, 0.15) is 5.52 Å². The van der Waals surface area contributed by atoms with E-state index in [1.807, 2.05) is 0 Å². The van der Waals surface area contributed by atoms with Crippen LogP contribution in [0.1, 0.15) is 12.8 Å². The Morgan fingerprint density at radius 3 is 3.10 bits per heavy atom. The third-order valence-electron chi connectivity index (χ3n) is 3.39. The van der Waals surface area contributed by atoms with Crippen molar-refractivity contribution in [3.63, 3.8) is 0 Å². The van der Waals surface area contributed by atoms with Gasteiger partial charge < -0.3 is 10.6 Å². The Labute approximate surface area is 120 Å². The van der Waals surface area contributed by atoms with Crippen LogP contribution in [-0.2, 0) is 4.79 Å². The van der Waals surface area contributed by atoms with Crippen LogP contribution in [0.2, 0.25) is 5.02 Å². The summed E-state index contributed by atoms with van der Waals surface area (Å²) in [5, 5.41) is 7.08. The zero-order valence-corrected chi connectivity index (χ0v) is 11.4. The highest BCUT2D eigenvalue weighted by atomic mass is 35.5. The Morgan fingerprint density at radius 2 is 2.35 bits per heavy atom. The number of pyridine rings is 1. The lowest BCUT2D eigenvalue weighted by Gasteiger charge is -2.14. The first-order valence-electron chi connectivity index (χ1n) is 6.40. The maximum Gasteiger partial charge on any atom is 0.220 e. The first kappa shape index (κ1) is 13.1. The van der Waals surface area contributed by atoms with Gasteiger partial charge in [0.25, 0.3) is 0 Å². The van der Waals surface area contributed by atoms with Gasteiger partial charge in [-0.1, -0.05) is 11.6 Å². The van der Waals surface area contributed by atoms with Crippen LogP contribution in [0.4, 0.5) is 10.1 Å². The minimum atomic E-state index is -0.440. The number of carbonyl (C=O) groups is 1. The van der Waals surface area contributed by atoms with Crippen molar-refractivity contribution in [1.29, 1.82) is 0 Å². The largest absolute Gasteiger partial charge is 0.382 e. The minimum absolute atomic E-state index is 0.0745. The Bertz CT molecular complexity index is 677. The van der Waals surface area contributed by atoms with Crippen molar-refractivity contribution in [3.8, 4) is 0 Å². The number of fused-ring (bicyclic) bond motifs is 1. The molecule has 1 aromatic carbocycles. The van der Waals surface area contributed by atoms with E-state index in [2.05, 4.69) is 15.6 Å². The van der Waals surface area contributed by atoms with Crippen molar-refractivity contribution in [2.24, 2.45) is 0 Å². The third kappa shape index (κ3) is 2.54. The molecule has 1 fully saturated rings. The summed E-state index contributed by atoms with van der Waals surface area (Å²) in [6.45, 7) is 0.596. The Balaban J connectivity index is 1.86. The molecule has 0 aliphatic carbocycles. The molecular weight excluding hydrogens is 281 g/mol. The predicted molar refractivity (Wildman–Crippen MR) is 76.4 cm³/mol. The van der Waals surface area contributed by atoms with Gasteiger partial charge in [-0.3, -0.25) is 9.78 Å². The summed E-state index contributed by atoms with van der Waals surface area (Å²) in [7, 11) is 0. The second kappa shape index (κ2) is 5.25. The highest BCUT2D eigenvalue weighted by Gasteiger charge is 2.20. The van der Waals surface area contributed by atoms with E-state index in [-0.39, 0.29) is 17.5 Å². The molecule has 1 saturated heterocycles. The third-order valence-corrected chi connectivity index (χ3v) is 3.61. The molecule has 104 valence electrons. The molecule has 20 heavy (non-hydrogen) atoms. The van der Waals surface area contributed by atoms with Crippen LogP contribution in [0.15, 0.2) is 24.4 Å². The summed E-state index contributed by atoms with van der Waals surface area (Å²) in [6.07, 6.45) is 2.92. The van der Waals surface area contributed by atoms with Gasteiger partial charge in [0.15, 0.2) is 5.82 Å². The van der Waals surface area contributed by atoms with E-state index in [4.69, 9.17) is 11.6 Å². The fourth-order valence-electron chi connectivity index (χ4n) is 2.40. The molecule has 1 atom stereocenters. The van der Waals surface area contributed by atoms with Crippen LogP contribution in [0.25, 0.3) is 10.9 Å². The average molecular weight is 294 g/mol. The van der Waals surface area contributed by atoms with Crippen LogP contribution in [-0.4, -0.2) is 23.5 Å². The van der Waals surface area contributed by atoms with Gasteiger partial charge in [0, 0.05) is 41.3 Å². The summed E-state index contributed by atoms with van der Waals surface area (Å²) in [6, 6.07) is 4.81. The average Bonchev–Trinajstić information content (AvgIpc) is 2.82. The maximum atomic E-state index is 13.8. The second-order valence-corrected chi connectivity index (χ2v) is 5.26. The van der Waals surface area contributed by atoms with E-state index in [9.17, 15) is 9.18 Å². The molecule has 2 N–H and O–H groups in total. The quantitative estimate of drug-likeness (QED) is 0.915. The minimum Gasteiger partial charge on any atom is -0.382 e. The highest BCUT2D eigenvalue weighted by Crippen LogP contribution is 2.27. The predicted octanol–water partition coefficient (Wildman–Crippen LogP) is 2.72. The number of hydrogen-bond donors (Lipinski definition) is 2. The molecule has 0 spiro atoms. The van der Waals surface area contributed by atoms with Gasteiger partial charge in [-0.2, -0.15) is 0 Å². The molecule has 4 nitrogen and oxygen atoms in total. The van der Waals surface area contributed by atoms with Crippen molar-refractivity contribution in [1.82, 2.24) is 10.3 Å². The number of nitrogens with one attached hydrogen (secondary N) is 2. The lowest BCUT2D eigenvalue weighted by Crippen LogP contribution is -2.31. The van der Waals surface area contributed by atoms with E-state index >= 15 is 0 Å². The number of halogens is 2. The van der Waals surface area contributed by atoms with E-state index < -0.39 is 5.82 Å². The molecule has 0 saturated carbocycles. The molecule has 1 amide bonds. The number of nitrogens with zero attached hydrogens (tertiary/aromatic N) is 1. The van der Waals surface area contributed by atoms with Crippen molar-refractivity contribution in [2.75, 3.05) is 11.9 Å². The van der Waals surface area contributed by atoms with Crippen molar-refractivity contribution in [2.45, 2.75) is 18.9 Å². The Kier molecular flexibility index (Phi) is 3.44. The van der Waals surface area contributed by atoms with Crippen LogP contribution in [0, 0.1) is 5.82 Å². The SMILES string of the molecule is O=C1CC[C@@H](CNc2ccnc3c(F)cc(Cl)cc23)N1. The van der Waals surface area contributed by atoms with Gasteiger partial charge in [-0.25, -0.2) is 4.39 Å². The maximum absolute atomic E-state index is 13.8. The number of anilines is 1. The zero-order valence-electron chi connectivity index (χ0n) is 10.6. The highest BCUT2D eigenvalue weighted by molar-refractivity contribution is 6.31. The zero-order chi connectivity index (χ0) is 14.1. The first-order valence-corrected chi connectivity index (χ1v) is 6.78. The molecule has 2 heterocycles. The molecule has 1 aromatic heterocycles. The summed E-state index contributed by atoms with van der Waals surface area (Å²) in [5.74, 6) is -0.365. The van der Waals surface area contributed by atoms with Crippen LogP contribution in [0.3, 0.4) is 0 Å². The second-order valence-electron chi connectivity index (χ2n) is 4.83. The number of aromatic nitrogens is 1. The van der Waals surface area contributed by atoms with E-state index in [0.29, 0.717) is 23.4 Å². The van der Waals surface area contributed by atoms with Crippen molar-refractivity contribution < 1.29 is 9.18 Å². The van der Waals surface area contributed by atoms with Crippen LogP contribution >= 0.6 is 11.6 Å². The molecule has 1 aliphatic rings. The number of rotatable bonds is 3. The lowest BCUT2D eigenvalue weighted by molar-refractivity contribution is -0.119. The van der Waals surface area contributed by atoms with Crippen molar-refractivity contribution in [3.05, 3.63) is 35.2 Å². The monoisotopic (exact) mass is 293 g/mol. The molecule has 0 radical (unpaired) electrons. The van der Waals surface area contributed by atoms with Gasteiger partial charge in [-0.15, -0.1) is 0 Å². The number of benzene rings is 1. The summed E-state index contributed by atoms with van der Waals surface area (Å²) < 4.78 is 13.8. The van der Waals surface area contributed by atoms with E-state index in [0.717, 1.165) is 12.1 Å². The molecule has 6 heteroatoms. The lowest BCUT2D eigenvalue weighted by atomic mass is 10.1. The number of amides is 1. The van der Waals surface area contributed by atoms with Crippen LogP contribution in [0.5, 0.6) is 0 Å². The summed E-state index contributed by atoms with van der Waals surface area (Å²) in [5.41, 5.74) is 1.05. The number of hydrogen-bond acceptors (Lipinski definition) is 3. The summed E-state index contributed by atoms with van der Waals surface area (Å²) in [4.78, 5) is 15.2. The van der Waals surface area contributed by atoms with Gasteiger partial charge in [0.2, 0.25) is 5.91 Å². The number of carbonyl (C=O) groups excluding carboxylic acids is 1. The van der Waals surface area contributed by atoms with E-state index in [1.54, 1.807) is 18.3 Å². The Hall–Kier alpha value is -1.88. The molecule has 2 aromatic rings. The van der Waals surface area contributed by atoms with Gasteiger partial charge in [-0.05, 0) is 24.6 Å². The summed E-state index contributed by atoms with van der Waals surface area (Å²) >= 11 is 5.89. The fourth-order valence-corrected chi connectivity index (χ4v) is 2.60. The fraction of sp³-hybridized carbons (Fsp3) is 0.286. The Morgan fingerprint density at radius 1 is 1.50 bits per heavy atom. The van der Waals surface area contributed by atoms with Crippen LogP contribution < -0.4 is 10.6 Å². The molecular formula is C14H13ClFN3O. The molecule has 1 aliphatic heterocycles.